The number of rotatable bonds is 71. The van der Waals surface area contributed by atoms with Crippen molar-refractivity contribution < 1.29 is 80.2 Å². The number of aliphatic hydroxyl groups is 1. The van der Waals surface area contributed by atoms with Gasteiger partial charge in [-0.2, -0.15) is 0 Å². The summed E-state index contributed by atoms with van der Waals surface area (Å²) in [6.07, 6.45) is 48.7. The van der Waals surface area contributed by atoms with E-state index in [1.54, 1.807) is 0 Å². The fourth-order valence-corrected chi connectivity index (χ4v) is 12.6. The first-order valence-corrected chi connectivity index (χ1v) is 40.9. The van der Waals surface area contributed by atoms with Crippen molar-refractivity contribution in [2.75, 3.05) is 39.6 Å². The van der Waals surface area contributed by atoms with Gasteiger partial charge in [0.1, 0.15) is 19.3 Å². The molecule has 17 nitrogen and oxygen atoms in total. The van der Waals surface area contributed by atoms with E-state index in [0.29, 0.717) is 31.6 Å². The number of hydrogen-bond acceptors (Lipinski definition) is 15. The first-order valence-electron chi connectivity index (χ1n) is 37.9. The van der Waals surface area contributed by atoms with Gasteiger partial charge in [0.05, 0.1) is 26.4 Å². The molecule has 0 aliphatic carbocycles. The van der Waals surface area contributed by atoms with E-state index in [-0.39, 0.29) is 25.7 Å². The molecule has 3 N–H and O–H groups in total. The van der Waals surface area contributed by atoms with Crippen molar-refractivity contribution in [3.8, 4) is 0 Å². The average Bonchev–Trinajstić information content (AvgIpc) is 3.66. The van der Waals surface area contributed by atoms with Gasteiger partial charge in [-0.1, -0.05) is 318 Å². The van der Waals surface area contributed by atoms with E-state index in [1.807, 2.05) is 0 Å². The van der Waals surface area contributed by atoms with Crippen LogP contribution in [0.15, 0.2) is 0 Å². The number of phosphoric acid groups is 2. The highest BCUT2D eigenvalue weighted by Crippen LogP contribution is 2.45. The SMILES string of the molecule is CCCCCCCCCCCCCCCCCCCC(=O)O[C@H](COC(=O)CCCCCCCCCCCCC(C)CC)COP(=O)(O)OC[C@@H](O)COP(=O)(O)OC[C@@H](COC(=O)CCCCCCCCC(C)C)OC(=O)CCCCCCCCCCCC(C)C. The van der Waals surface area contributed by atoms with Crippen molar-refractivity contribution in [2.24, 2.45) is 17.8 Å². The van der Waals surface area contributed by atoms with Crippen LogP contribution in [0, 0.1) is 17.8 Å². The Morgan fingerprint density at radius 2 is 0.554 bits per heavy atom. The summed E-state index contributed by atoms with van der Waals surface area (Å²) in [7, 11) is -9.91. The molecule has 0 saturated carbocycles. The highest BCUT2D eigenvalue weighted by Gasteiger charge is 2.30. The Labute approximate surface area is 562 Å². The molecule has 0 aromatic heterocycles. The van der Waals surface area contributed by atoms with Crippen molar-refractivity contribution in [1.82, 2.24) is 0 Å². The minimum Gasteiger partial charge on any atom is -0.462 e. The van der Waals surface area contributed by atoms with E-state index in [1.165, 1.54) is 173 Å². The first kappa shape index (κ1) is 90.1. The van der Waals surface area contributed by atoms with Crippen molar-refractivity contribution in [3.05, 3.63) is 0 Å². The van der Waals surface area contributed by atoms with Crippen LogP contribution in [0.1, 0.15) is 370 Å². The summed E-state index contributed by atoms with van der Waals surface area (Å²) in [5, 5.41) is 10.6. The van der Waals surface area contributed by atoms with E-state index in [0.717, 1.165) is 108 Å². The Bertz CT molecular complexity index is 1800. The maximum absolute atomic E-state index is 13.1. The lowest BCUT2D eigenvalue weighted by Gasteiger charge is -2.21. The number of aliphatic hydroxyl groups excluding tert-OH is 1. The van der Waals surface area contributed by atoms with E-state index in [4.69, 9.17) is 37.0 Å². The molecule has 3 unspecified atom stereocenters. The topological polar surface area (TPSA) is 237 Å². The predicted octanol–water partition coefficient (Wildman–Crippen LogP) is 21.0. The number of unbranched alkanes of at least 4 members (excludes halogenated alkanes) is 38. The van der Waals surface area contributed by atoms with E-state index >= 15 is 0 Å². The van der Waals surface area contributed by atoms with E-state index in [9.17, 15) is 43.2 Å². The molecule has 19 heteroatoms. The number of carbonyl (C=O) groups is 4. The molecule has 0 saturated heterocycles. The Morgan fingerprint density at radius 1 is 0.315 bits per heavy atom. The van der Waals surface area contributed by atoms with Gasteiger partial charge in [-0.25, -0.2) is 9.13 Å². The third kappa shape index (κ3) is 65.4. The smallest absolute Gasteiger partial charge is 0.462 e. The number of ether oxygens (including phenoxy) is 4. The van der Waals surface area contributed by atoms with Crippen LogP contribution in [0.2, 0.25) is 0 Å². The van der Waals surface area contributed by atoms with Crippen molar-refractivity contribution in [2.45, 2.75) is 388 Å². The van der Waals surface area contributed by atoms with Gasteiger partial charge in [0.25, 0.3) is 0 Å². The van der Waals surface area contributed by atoms with Crippen LogP contribution in [0.3, 0.4) is 0 Å². The summed E-state index contributed by atoms with van der Waals surface area (Å²) in [5.41, 5.74) is 0. The van der Waals surface area contributed by atoms with Crippen molar-refractivity contribution >= 4 is 39.5 Å². The van der Waals surface area contributed by atoms with Crippen LogP contribution >= 0.6 is 15.6 Å². The largest absolute Gasteiger partial charge is 0.472 e. The molecule has 0 aliphatic heterocycles. The number of hydrogen-bond donors (Lipinski definition) is 3. The van der Waals surface area contributed by atoms with Gasteiger partial charge in [0.15, 0.2) is 12.2 Å². The monoisotopic (exact) mass is 1350 g/mol. The Hall–Kier alpha value is -1.94. The van der Waals surface area contributed by atoms with Crippen LogP contribution in [-0.2, 0) is 65.4 Å². The maximum Gasteiger partial charge on any atom is 0.472 e. The second kappa shape index (κ2) is 63.8. The van der Waals surface area contributed by atoms with E-state index in [2.05, 4.69) is 48.5 Å². The zero-order valence-corrected chi connectivity index (χ0v) is 61.8. The number of esters is 4. The lowest BCUT2D eigenvalue weighted by atomic mass is 9.99. The van der Waals surface area contributed by atoms with Crippen LogP contribution in [-0.4, -0.2) is 96.7 Å². The molecular formula is C73H142O17P2. The number of carbonyl (C=O) groups excluding carboxylic acids is 4. The van der Waals surface area contributed by atoms with Crippen LogP contribution in [0.5, 0.6) is 0 Å². The molecule has 0 aromatic carbocycles. The van der Waals surface area contributed by atoms with Crippen LogP contribution in [0.25, 0.3) is 0 Å². The Morgan fingerprint density at radius 3 is 0.826 bits per heavy atom. The summed E-state index contributed by atoms with van der Waals surface area (Å²) in [6.45, 7) is 11.8. The van der Waals surface area contributed by atoms with Gasteiger partial charge in [0, 0.05) is 25.7 Å². The number of phosphoric ester groups is 2. The van der Waals surface area contributed by atoms with Crippen LogP contribution in [0.4, 0.5) is 0 Å². The highest BCUT2D eigenvalue weighted by atomic mass is 31.2. The van der Waals surface area contributed by atoms with Crippen LogP contribution < -0.4 is 0 Å². The van der Waals surface area contributed by atoms with E-state index < -0.39 is 97.5 Å². The molecule has 0 radical (unpaired) electrons. The summed E-state index contributed by atoms with van der Waals surface area (Å²) in [4.78, 5) is 72.6. The van der Waals surface area contributed by atoms with Gasteiger partial charge >= 0.3 is 39.5 Å². The van der Waals surface area contributed by atoms with Gasteiger partial charge < -0.3 is 33.8 Å². The lowest BCUT2D eigenvalue weighted by Crippen LogP contribution is -2.30. The maximum atomic E-state index is 13.1. The predicted molar refractivity (Wildman–Crippen MR) is 372 cm³/mol. The normalized spacial score (nSPS) is 14.4. The second-order valence-corrected chi connectivity index (χ2v) is 30.4. The molecule has 6 atom stereocenters. The summed E-state index contributed by atoms with van der Waals surface area (Å²) >= 11 is 0. The fourth-order valence-electron chi connectivity index (χ4n) is 11.0. The Balaban J connectivity index is 5.24. The molecule has 0 rings (SSSR count). The summed E-state index contributed by atoms with van der Waals surface area (Å²) in [6, 6.07) is 0. The minimum absolute atomic E-state index is 0.104. The third-order valence-electron chi connectivity index (χ3n) is 17.2. The molecule has 0 amide bonds. The van der Waals surface area contributed by atoms with Gasteiger partial charge in [-0.05, 0) is 43.4 Å². The average molecular weight is 1350 g/mol. The summed E-state index contributed by atoms with van der Waals surface area (Å²) < 4.78 is 68.4. The molecule has 0 spiro atoms. The molecule has 546 valence electrons. The fraction of sp³-hybridized carbons (Fsp3) is 0.945. The molecule has 92 heavy (non-hydrogen) atoms. The first-order chi connectivity index (χ1) is 44.3. The molecule has 0 heterocycles. The molecular weight excluding hydrogens is 1210 g/mol. The molecule has 0 fully saturated rings. The standard InChI is InChI=1S/C73H142O17P2/c1-8-10-11-12-13-14-15-16-17-18-19-20-21-28-33-42-49-56-72(77)89-68(60-83-70(75)54-47-40-32-27-23-22-26-31-39-46-53-66(7)9-2)62-87-91(79,80)85-58-67(74)59-86-92(81,82)88-63-69(61-84-71(76)55-48-41-36-35-38-45-52-65(5)6)90-73(78)57-50-43-34-29-24-25-30-37-44-51-64(3)4/h64-69,74H,8-63H2,1-7H3,(H,79,80)(H,81,82)/t66?,67-,68-,69-/m1/s1. The highest BCUT2D eigenvalue weighted by molar-refractivity contribution is 7.47. The minimum atomic E-state index is -4.96. The van der Waals surface area contributed by atoms with Crippen molar-refractivity contribution in [1.29, 1.82) is 0 Å². The molecule has 0 aromatic rings. The van der Waals surface area contributed by atoms with Crippen molar-refractivity contribution in [3.63, 3.8) is 0 Å². The van der Waals surface area contributed by atoms with Gasteiger partial charge in [-0.15, -0.1) is 0 Å². The zero-order chi connectivity index (χ0) is 68.0. The lowest BCUT2D eigenvalue weighted by molar-refractivity contribution is -0.161. The second-order valence-electron chi connectivity index (χ2n) is 27.5. The zero-order valence-electron chi connectivity index (χ0n) is 60.0. The Kier molecular flexibility index (Phi) is 62.4. The molecule has 0 bridgehead atoms. The molecule has 0 aliphatic rings. The quantitative estimate of drug-likeness (QED) is 0.0222. The van der Waals surface area contributed by atoms with Gasteiger partial charge in [-0.3, -0.25) is 37.3 Å². The van der Waals surface area contributed by atoms with Gasteiger partial charge in [0.2, 0.25) is 0 Å². The summed E-state index contributed by atoms with van der Waals surface area (Å²) in [5.74, 6) is 0.101. The third-order valence-corrected chi connectivity index (χ3v) is 19.1.